The second-order valence-corrected chi connectivity index (χ2v) is 5.27. The van der Waals surface area contributed by atoms with Crippen LogP contribution in [0.5, 0.6) is 0 Å². The number of halogens is 1. The molecule has 0 fully saturated rings. The van der Waals surface area contributed by atoms with Gasteiger partial charge in [-0.3, -0.25) is 0 Å². The van der Waals surface area contributed by atoms with Crippen LogP contribution in [0.25, 0.3) is 0 Å². The molecule has 0 spiro atoms. The Bertz CT molecular complexity index is 83.6. The Kier molecular flexibility index (Phi) is 7.72. The molecule has 0 N–H and O–H groups in total. The number of thioether (sulfide) groups is 1. The van der Waals surface area contributed by atoms with Crippen molar-refractivity contribution in [2.45, 2.75) is 38.9 Å². The Hall–Kier alpha value is 0.640. The number of hydrogen-bond acceptors (Lipinski definition) is 1. The highest BCUT2D eigenvalue weighted by Gasteiger charge is 2.01. The van der Waals surface area contributed by atoms with Crippen LogP contribution in [0.1, 0.15) is 33.6 Å². The first-order valence-electron chi connectivity index (χ1n) is 4.34. The molecule has 0 rings (SSSR count). The van der Waals surface area contributed by atoms with Crippen molar-refractivity contribution in [3.63, 3.8) is 0 Å². The highest BCUT2D eigenvalue weighted by atomic mass is 35.5. The van der Waals surface area contributed by atoms with Gasteiger partial charge < -0.3 is 0 Å². The van der Waals surface area contributed by atoms with Crippen LogP contribution in [0.15, 0.2) is 0 Å². The zero-order chi connectivity index (χ0) is 8.69. The van der Waals surface area contributed by atoms with Crippen molar-refractivity contribution in [2.75, 3.05) is 11.6 Å². The Labute approximate surface area is 80.1 Å². The van der Waals surface area contributed by atoms with E-state index in [2.05, 4.69) is 20.8 Å². The van der Waals surface area contributed by atoms with Crippen molar-refractivity contribution in [3.05, 3.63) is 0 Å². The van der Waals surface area contributed by atoms with Crippen molar-refractivity contribution < 1.29 is 0 Å². The van der Waals surface area contributed by atoms with E-state index in [1.807, 2.05) is 11.8 Å². The van der Waals surface area contributed by atoms with Gasteiger partial charge in [-0.1, -0.05) is 20.8 Å². The highest BCUT2D eigenvalue weighted by molar-refractivity contribution is 7.99. The van der Waals surface area contributed by atoms with Crippen LogP contribution in [-0.2, 0) is 0 Å². The van der Waals surface area contributed by atoms with E-state index >= 15 is 0 Å². The topological polar surface area (TPSA) is 0 Å². The van der Waals surface area contributed by atoms with E-state index in [-0.39, 0.29) is 0 Å². The molecule has 11 heavy (non-hydrogen) atoms. The maximum Gasteiger partial charge on any atom is 0.0233 e. The lowest BCUT2D eigenvalue weighted by atomic mass is 10.2. The first-order valence-corrected chi connectivity index (χ1v) is 5.92. The van der Waals surface area contributed by atoms with E-state index in [4.69, 9.17) is 11.6 Å². The molecule has 0 aromatic heterocycles. The first kappa shape index (κ1) is 11.6. The Balaban J connectivity index is 3.10. The third-order valence-corrected chi connectivity index (χ3v) is 3.11. The monoisotopic (exact) mass is 194 g/mol. The zero-order valence-corrected chi connectivity index (χ0v) is 9.34. The Morgan fingerprint density at radius 1 is 1.18 bits per heavy atom. The lowest BCUT2D eigenvalue weighted by Crippen LogP contribution is -1.99. The minimum Gasteiger partial charge on any atom is -0.159 e. The number of rotatable bonds is 6. The molecule has 0 aromatic rings. The molecule has 0 aliphatic carbocycles. The molecule has 0 saturated carbocycles. The van der Waals surface area contributed by atoms with Gasteiger partial charge in [-0.25, -0.2) is 0 Å². The van der Waals surface area contributed by atoms with Gasteiger partial charge in [0.15, 0.2) is 0 Å². The largest absolute Gasteiger partial charge is 0.159 e. The molecule has 0 radical (unpaired) electrons. The van der Waals surface area contributed by atoms with Crippen LogP contribution in [0.2, 0.25) is 0 Å². The standard InChI is InChI=1S/C9H19ClS/c1-8(2)5-7-11-9(3)4-6-10/h8-9H,4-7H2,1-3H3. The predicted molar refractivity (Wildman–Crippen MR) is 56.7 cm³/mol. The summed E-state index contributed by atoms with van der Waals surface area (Å²) in [6.45, 7) is 6.80. The van der Waals surface area contributed by atoms with Crippen molar-refractivity contribution in [2.24, 2.45) is 5.92 Å². The molecular weight excluding hydrogens is 176 g/mol. The summed E-state index contributed by atoms with van der Waals surface area (Å²) in [4.78, 5) is 0. The molecule has 2 heteroatoms. The quantitative estimate of drug-likeness (QED) is 0.580. The highest BCUT2D eigenvalue weighted by Crippen LogP contribution is 2.17. The fourth-order valence-electron chi connectivity index (χ4n) is 0.742. The maximum atomic E-state index is 5.62. The van der Waals surface area contributed by atoms with E-state index < -0.39 is 0 Å². The molecule has 1 atom stereocenters. The van der Waals surface area contributed by atoms with Gasteiger partial charge in [0.1, 0.15) is 0 Å². The summed E-state index contributed by atoms with van der Waals surface area (Å²) in [5.74, 6) is 2.93. The number of alkyl halides is 1. The second-order valence-electron chi connectivity index (χ2n) is 3.34. The lowest BCUT2D eigenvalue weighted by molar-refractivity contribution is 0.631. The SMILES string of the molecule is CC(C)CCSC(C)CCCl. The van der Waals surface area contributed by atoms with Gasteiger partial charge in [0.25, 0.3) is 0 Å². The molecule has 0 aliphatic rings. The van der Waals surface area contributed by atoms with Crippen LogP contribution < -0.4 is 0 Å². The fourth-order valence-corrected chi connectivity index (χ4v) is 2.49. The summed E-state index contributed by atoms with van der Waals surface area (Å²) in [7, 11) is 0. The van der Waals surface area contributed by atoms with Crippen molar-refractivity contribution in [1.82, 2.24) is 0 Å². The maximum absolute atomic E-state index is 5.62. The van der Waals surface area contributed by atoms with Gasteiger partial charge >= 0.3 is 0 Å². The van der Waals surface area contributed by atoms with E-state index in [0.29, 0.717) is 0 Å². The van der Waals surface area contributed by atoms with Crippen LogP contribution in [0.4, 0.5) is 0 Å². The van der Waals surface area contributed by atoms with Gasteiger partial charge in [-0.05, 0) is 24.5 Å². The molecule has 1 unspecified atom stereocenters. The normalized spacial score (nSPS) is 13.9. The zero-order valence-electron chi connectivity index (χ0n) is 7.77. The smallest absolute Gasteiger partial charge is 0.0233 e. The average Bonchev–Trinajstić information content (AvgIpc) is 1.87. The van der Waals surface area contributed by atoms with E-state index in [1.54, 1.807) is 0 Å². The summed E-state index contributed by atoms with van der Waals surface area (Å²) in [5.41, 5.74) is 0. The molecule has 0 heterocycles. The third-order valence-electron chi connectivity index (χ3n) is 1.61. The van der Waals surface area contributed by atoms with E-state index in [1.165, 1.54) is 12.2 Å². The summed E-state index contributed by atoms with van der Waals surface area (Å²) < 4.78 is 0. The first-order chi connectivity index (χ1) is 5.16. The lowest BCUT2D eigenvalue weighted by Gasteiger charge is -2.09. The Morgan fingerprint density at radius 3 is 2.27 bits per heavy atom. The fraction of sp³-hybridized carbons (Fsp3) is 1.00. The van der Waals surface area contributed by atoms with E-state index in [9.17, 15) is 0 Å². The van der Waals surface area contributed by atoms with Crippen molar-refractivity contribution >= 4 is 23.4 Å². The van der Waals surface area contributed by atoms with Gasteiger partial charge in [0.2, 0.25) is 0 Å². The van der Waals surface area contributed by atoms with Gasteiger partial charge in [-0.2, -0.15) is 11.8 Å². The van der Waals surface area contributed by atoms with Crippen molar-refractivity contribution in [3.8, 4) is 0 Å². The van der Waals surface area contributed by atoms with Gasteiger partial charge in [0, 0.05) is 11.1 Å². The molecule has 0 saturated heterocycles. The van der Waals surface area contributed by atoms with Crippen LogP contribution in [0, 0.1) is 5.92 Å². The summed E-state index contributed by atoms with van der Waals surface area (Å²) >= 11 is 7.67. The van der Waals surface area contributed by atoms with Crippen LogP contribution >= 0.6 is 23.4 Å². The average molecular weight is 195 g/mol. The summed E-state index contributed by atoms with van der Waals surface area (Å²) in [5, 5.41) is 0.742. The van der Waals surface area contributed by atoms with Crippen molar-refractivity contribution in [1.29, 1.82) is 0 Å². The molecule has 0 aromatic carbocycles. The summed E-state index contributed by atoms with van der Waals surface area (Å²) in [6.07, 6.45) is 2.47. The predicted octanol–water partition coefficient (Wildman–Crippen LogP) is 3.78. The molecule has 0 bridgehead atoms. The second kappa shape index (κ2) is 7.30. The third kappa shape index (κ3) is 8.55. The molecular formula is C9H19ClS. The van der Waals surface area contributed by atoms with Gasteiger partial charge in [-0.15, -0.1) is 11.6 Å². The number of hydrogen-bond donors (Lipinski definition) is 0. The molecule has 0 aliphatic heterocycles. The van der Waals surface area contributed by atoms with E-state index in [0.717, 1.165) is 23.5 Å². The Morgan fingerprint density at radius 2 is 1.82 bits per heavy atom. The van der Waals surface area contributed by atoms with Crippen LogP contribution in [0.3, 0.4) is 0 Å². The van der Waals surface area contributed by atoms with Gasteiger partial charge in [0.05, 0.1) is 0 Å². The molecule has 0 nitrogen and oxygen atoms in total. The minimum absolute atomic E-state index is 0.742. The minimum atomic E-state index is 0.742. The van der Waals surface area contributed by atoms with Crippen LogP contribution in [-0.4, -0.2) is 16.9 Å². The molecule has 68 valence electrons. The molecule has 0 amide bonds. The summed E-state index contributed by atoms with van der Waals surface area (Å²) in [6, 6.07) is 0.